The molecular weight excluding hydrogens is 316 g/mol. The molecule has 0 unspecified atom stereocenters. The highest BCUT2D eigenvalue weighted by molar-refractivity contribution is 5.76. The first-order valence-corrected chi connectivity index (χ1v) is 8.32. The minimum Gasteiger partial charge on any atom is -0.469 e. The second kappa shape index (κ2) is 7.35. The summed E-state index contributed by atoms with van der Waals surface area (Å²) in [6.07, 6.45) is 2.43. The Labute approximate surface area is 146 Å². The van der Waals surface area contributed by atoms with E-state index < -0.39 is 0 Å². The van der Waals surface area contributed by atoms with Crippen molar-refractivity contribution < 1.29 is 9.53 Å². The molecule has 25 heavy (non-hydrogen) atoms. The molecule has 5 heteroatoms. The van der Waals surface area contributed by atoms with Crippen LogP contribution in [0.1, 0.15) is 36.7 Å². The van der Waals surface area contributed by atoms with Gasteiger partial charge in [0.2, 0.25) is 5.88 Å². The van der Waals surface area contributed by atoms with Crippen LogP contribution in [0.25, 0.3) is 0 Å². The Morgan fingerprint density at radius 2 is 2.04 bits per heavy atom. The van der Waals surface area contributed by atoms with Gasteiger partial charge in [0.05, 0.1) is 12.6 Å². The van der Waals surface area contributed by atoms with E-state index in [9.17, 15) is 9.59 Å². The third-order valence-corrected chi connectivity index (χ3v) is 3.89. The fourth-order valence-corrected chi connectivity index (χ4v) is 2.33. The molecule has 5 nitrogen and oxygen atoms in total. The maximum atomic E-state index is 12.3. The highest BCUT2D eigenvalue weighted by atomic mass is 16.5. The van der Waals surface area contributed by atoms with Crippen LogP contribution in [0.4, 0.5) is 0 Å². The average molecular weight is 336 g/mol. The van der Waals surface area contributed by atoms with Gasteiger partial charge < -0.3 is 4.74 Å². The molecular formula is C20H20N2O3. The molecule has 1 fully saturated rings. The predicted octanol–water partition coefficient (Wildman–Crippen LogP) is 2.33. The van der Waals surface area contributed by atoms with E-state index in [1.165, 1.54) is 25.8 Å². The Hall–Kier alpha value is -2.87. The number of benzene rings is 1. The third-order valence-electron chi connectivity index (χ3n) is 3.89. The van der Waals surface area contributed by atoms with E-state index in [-0.39, 0.29) is 23.8 Å². The molecule has 0 amide bonds. The monoisotopic (exact) mass is 336 g/mol. The van der Waals surface area contributed by atoms with Crippen LogP contribution in [-0.2, 0) is 11.3 Å². The fourth-order valence-electron chi connectivity index (χ4n) is 2.33. The lowest BCUT2D eigenvalue weighted by Gasteiger charge is -2.11. The van der Waals surface area contributed by atoms with Gasteiger partial charge in [-0.1, -0.05) is 24.0 Å². The lowest BCUT2D eigenvalue weighted by atomic mass is 10.1. The van der Waals surface area contributed by atoms with Crippen molar-refractivity contribution in [1.82, 2.24) is 9.55 Å². The van der Waals surface area contributed by atoms with Gasteiger partial charge in [-0.2, -0.15) is 0 Å². The number of nitrogens with zero attached hydrogens (tertiary/aromatic N) is 2. The highest BCUT2D eigenvalue weighted by Gasteiger charge is 2.17. The standard InChI is InChI=1S/C20H20N2O3/c1-14(23)13-25-19-11-20(24)22(15(2)21-19)12-18-9-7-17(8-10-18)6-5-16-3-4-16/h7-11,16H,3-4,12-13H2,1-2H3. The van der Waals surface area contributed by atoms with Gasteiger partial charge in [0.25, 0.3) is 5.56 Å². The fraction of sp³-hybridized carbons (Fsp3) is 0.350. The zero-order valence-electron chi connectivity index (χ0n) is 14.4. The first-order valence-electron chi connectivity index (χ1n) is 8.32. The lowest BCUT2D eigenvalue weighted by molar-refractivity contribution is -0.119. The van der Waals surface area contributed by atoms with Gasteiger partial charge >= 0.3 is 0 Å². The smallest absolute Gasteiger partial charge is 0.257 e. The quantitative estimate of drug-likeness (QED) is 0.786. The summed E-state index contributed by atoms with van der Waals surface area (Å²) in [7, 11) is 0. The molecule has 1 aromatic heterocycles. The van der Waals surface area contributed by atoms with Crippen molar-refractivity contribution in [1.29, 1.82) is 0 Å². The molecule has 0 radical (unpaired) electrons. The van der Waals surface area contributed by atoms with E-state index in [2.05, 4.69) is 16.8 Å². The van der Waals surface area contributed by atoms with Crippen molar-refractivity contribution in [2.24, 2.45) is 5.92 Å². The van der Waals surface area contributed by atoms with Gasteiger partial charge in [0.15, 0.2) is 5.78 Å². The van der Waals surface area contributed by atoms with Gasteiger partial charge in [-0.3, -0.25) is 14.2 Å². The zero-order valence-corrected chi connectivity index (χ0v) is 14.4. The summed E-state index contributed by atoms with van der Waals surface area (Å²) in [6.45, 7) is 3.52. The second-order valence-electron chi connectivity index (χ2n) is 6.30. The lowest BCUT2D eigenvalue weighted by Crippen LogP contribution is -2.24. The molecule has 1 aromatic carbocycles. The summed E-state index contributed by atoms with van der Waals surface area (Å²) in [5.41, 5.74) is 1.79. The van der Waals surface area contributed by atoms with Crippen LogP contribution in [0.5, 0.6) is 5.88 Å². The number of hydrogen-bond acceptors (Lipinski definition) is 4. The number of aryl methyl sites for hydroxylation is 1. The largest absolute Gasteiger partial charge is 0.469 e. The summed E-state index contributed by atoms with van der Waals surface area (Å²) in [5, 5.41) is 0. The molecule has 0 saturated heterocycles. The van der Waals surface area contributed by atoms with Crippen LogP contribution in [0.2, 0.25) is 0 Å². The molecule has 0 bridgehead atoms. The van der Waals surface area contributed by atoms with Crippen molar-refractivity contribution in [3.8, 4) is 17.7 Å². The van der Waals surface area contributed by atoms with Gasteiger partial charge in [0.1, 0.15) is 12.4 Å². The minimum atomic E-state index is -0.205. The van der Waals surface area contributed by atoms with Gasteiger partial charge in [-0.05, 0) is 44.4 Å². The van der Waals surface area contributed by atoms with Crippen LogP contribution in [-0.4, -0.2) is 21.9 Å². The van der Waals surface area contributed by atoms with Crippen LogP contribution in [0, 0.1) is 24.7 Å². The Morgan fingerprint density at radius 3 is 2.64 bits per heavy atom. The normalized spacial score (nSPS) is 13.0. The number of aromatic nitrogens is 2. The molecule has 2 aromatic rings. The Kier molecular flexibility index (Phi) is 4.99. The van der Waals surface area contributed by atoms with E-state index in [1.807, 2.05) is 24.3 Å². The van der Waals surface area contributed by atoms with Crippen molar-refractivity contribution in [2.75, 3.05) is 6.61 Å². The van der Waals surface area contributed by atoms with Crippen molar-refractivity contribution >= 4 is 5.78 Å². The maximum absolute atomic E-state index is 12.3. The summed E-state index contributed by atoms with van der Waals surface area (Å²) in [6, 6.07) is 9.21. The molecule has 1 aliphatic carbocycles. The summed E-state index contributed by atoms with van der Waals surface area (Å²) in [4.78, 5) is 27.5. The number of ketones is 1. The zero-order chi connectivity index (χ0) is 17.8. The number of rotatable bonds is 5. The molecule has 1 heterocycles. The number of carbonyl (C=O) groups is 1. The Bertz CT molecular complexity index is 897. The second-order valence-corrected chi connectivity index (χ2v) is 6.30. The van der Waals surface area contributed by atoms with Crippen molar-refractivity contribution in [3.63, 3.8) is 0 Å². The molecule has 0 atom stereocenters. The molecule has 1 saturated carbocycles. The van der Waals surface area contributed by atoms with Crippen LogP contribution >= 0.6 is 0 Å². The van der Waals surface area contributed by atoms with Crippen molar-refractivity contribution in [3.05, 3.63) is 57.6 Å². The van der Waals surface area contributed by atoms with Crippen LogP contribution in [0.15, 0.2) is 35.1 Å². The number of Topliss-reactive ketones (excluding diaryl/α,β-unsaturated/α-hetero) is 1. The number of ether oxygens (including phenoxy) is 1. The van der Waals surface area contributed by atoms with E-state index in [0.717, 1.165) is 11.1 Å². The average Bonchev–Trinajstić information content (AvgIpc) is 3.40. The SMILES string of the molecule is CC(=O)COc1cc(=O)n(Cc2ccc(C#CC3CC3)cc2)c(C)n1. The van der Waals surface area contributed by atoms with E-state index >= 15 is 0 Å². The first kappa shape index (κ1) is 17.0. The number of hydrogen-bond donors (Lipinski definition) is 0. The molecule has 1 aliphatic rings. The summed E-state index contributed by atoms with van der Waals surface area (Å²) < 4.78 is 6.79. The topological polar surface area (TPSA) is 61.2 Å². The molecule has 0 spiro atoms. The van der Waals surface area contributed by atoms with Crippen LogP contribution in [0.3, 0.4) is 0 Å². The highest BCUT2D eigenvalue weighted by Crippen LogP contribution is 2.27. The van der Waals surface area contributed by atoms with Gasteiger partial charge in [0, 0.05) is 11.5 Å². The molecule has 128 valence electrons. The molecule has 0 N–H and O–H groups in total. The Morgan fingerprint density at radius 1 is 1.32 bits per heavy atom. The summed E-state index contributed by atoms with van der Waals surface area (Å²) >= 11 is 0. The maximum Gasteiger partial charge on any atom is 0.257 e. The van der Waals surface area contributed by atoms with E-state index in [0.29, 0.717) is 18.3 Å². The van der Waals surface area contributed by atoms with Gasteiger partial charge in [-0.15, -0.1) is 0 Å². The molecule has 0 aliphatic heterocycles. The molecule has 3 rings (SSSR count). The van der Waals surface area contributed by atoms with Gasteiger partial charge in [-0.25, -0.2) is 4.98 Å². The first-order chi connectivity index (χ1) is 12.0. The van der Waals surface area contributed by atoms with Crippen molar-refractivity contribution in [2.45, 2.75) is 33.2 Å². The number of carbonyl (C=O) groups excluding carboxylic acids is 1. The Balaban J connectivity index is 1.72. The summed E-state index contributed by atoms with van der Waals surface area (Å²) in [5.74, 6) is 7.60. The van der Waals surface area contributed by atoms with E-state index in [4.69, 9.17) is 4.74 Å². The van der Waals surface area contributed by atoms with E-state index in [1.54, 1.807) is 11.5 Å². The van der Waals surface area contributed by atoms with Crippen LogP contribution < -0.4 is 10.3 Å². The predicted molar refractivity (Wildman–Crippen MR) is 94.6 cm³/mol. The minimum absolute atomic E-state index is 0.0841. The third kappa shape index (κ3) is 4.80.